The number of carboxylic acids is 1. The van der Waals surface area contributed by atoms with E-state index in [4.69, 9.17) is 95.0 Å². The monoisotopic (exact) mass is 1180 g/mol. The van der Waals surface area contributed by atoms with Crippen molar-refractivity contribution in [3.8, 4) is 22.5 Å². The molecule has 1 unspecified atom stereocenters. The van der Waals surface area contributed by atoms with Crippen LogP contribution in [0.1, 0.15) is 52.1 Å². The fourth-order valence-electron chi connectivity index (χ4n) is 5.60. The third kappa shape index (κ3) is 18.8. The molecule has 73 heavy (non-hydrogen) atoms. The molecule has 27 heteroatoms. The SMILES string of the molecule is CCO.CCOC(=O)C(Br)C(=O)c1cc(Cl)ccc1Cl.CCOC(=O)c1c(-c2cc(Cl)ccc2Cl)nc2cnccn12.CO.Nc1cnccn1.O=C(O)c1c(-c2cc(Cl)ccc2Cl)nc2cnccn12.[Li+].[OH-]. The van der Waals surface area contributed by atoms with Crippen LogP contribution in [0.4, 0.5) is 5.82 Å². The number of ketones is 1. The quantitative estimate of drug-likeness (QED) is 0.0363. The van der Waals surface area contributed by atoms with Gasteiger partial charge < -0.3 is 36.0 Å². The van der Waals surface area contributed by atoms with Crippen molar-refractivity contribution in [1.82, 2.24) is 38.7 Å². The van der Waals surface area contributed by atoms with Gasteiger partial charge >= 0.3 is 36.8 Å². The Balaban J connectivity index is 0.000000488. The second kappa shape index (κ2) is 33.4. The van der Waals surface area contributed by atoms with E-state index in [0.29, 0.717) is 64.7 Å². The first kappa shape index (κ1) is 65.6. The Morgan fingerprint density at radius 1 is 0.671 bits per heavy atom. The molecule has 0 fully saturated rings. The standard InChI is InChI=1S/C15H11Cl2N3O2.C13H7Cl2N3O2.C11H9BrCl2O3.C4H5N3.C2H6O.CH4O.Li.H2O/c1-2-22-15(21)14-13(10-7-9(16)3-4-11(10)17)19-12-8-18-5-6-20(12)14;14-7-1-2-9(15)8(5-7)11-12(13(19)20)18-4-3-16-6-10(18)17-11;1-2-17-11(16)9(12)10(15)7-5-6(13)3-4-8(7)14;5-4-3-6-1-2-7-4;1-2-3;1-2;;/h3-8H,2H2,1H3;1-6H,(H,19,20);3-5,9H,2H2,1H3;1-3H,(H2,5,7);3H,2H2,1H3;2H,1H3;;1H2/q;;;;;;+1;/p-1. The number of aliphatic hydroxyl groups excluding tert-OH is 2. The maximum atomic E-state index is 12.3. The predicted molar refractivity (Wildman–Crippen MR) is 279 cm³/mol. The van der Waals surface area contributed by atoms with Crippen LogP contribution < -0.4 is 24.6 Å². The number of carbonyl (C=O) groups excluding carboxylic acids is 3. The van der Waals surface area contributed by atoms with E-state index in [9.17, 15) is 24.3 Å². The number of anilines is 1. The summed E-state index contributed by atoms with van der Waals surface area (Å²) < 4.78 is 12.9. The minimum atomic E-state index is -1.10. The molecule has 0 aliphatic rings. The van der Waals surface area contributed by atoms with Crippen LogP contribution in [0.25, 0.3) is 33.8 Å². The number of nitrogens with zero attached hydrogens (tertiary/aromatic N) is 8. The molecule has 6 N–H and O–H groups in total. The molecule has 0 aliphatic heterocycles. The summed E-state index contributed by atoms with van der Waals surface area (Å²) in [5, 5.41) is 26.4. The summed E-state index contributed by atoms with van der Waals surface area (Å²) in [6, 6.07) is 14.3. The number of hydrogen-bond acceptors (Lipinski definition) is 16. The van der Waals surface area contributed by atoms with Crippen molar-refractivity contribution in [2.75, 3.05) is 32.7 Å². The van der Waals surface area contributed by atoms with Gasteiger partial charge in [0.25, 0.3) is 0 Å². The summed E-state index contributed by atoms with van der Waals surface area (Å²) in [5.74, 6) is -2.24. The summed E-state index contributed by atoms with van der Waals surface area (Å²) in [6.07, 6.45) is 13.9. The van der Waals surface area contributed by atoms with E-state index in [2.05, 4.69) is 45.8 Å². The molecule has 0 radical (unpaired) electrons. The van der Waals surface area contributed by atoms with E-state index in [1.807, 2.05) is 0 Å². The summed E-state index contributed by atoms with van der Waals surface area (Å²) in [4.78, 5) is 70.2. The van der Waals surface area contributed by atoms with Gasteiger partial charge in [-0.25, -0.2) is 24.5 Å². The number of aromatic carboxylic acids is 1. The van der Waals surface area contributed by atoms with Gasteiger partial charge in [-0.3, -0.25) is 33.3 Å². The van der Waals surface area contributed by atoms with Crippen LogP contribution in [-0.4, -0.2) is 115 Å². The Morgan fingerprint density at radius 3 is 1.53 bits per heavy atom. The summed E-state index contributed by atoms with van der Waals surface area (Å²) in [6.45, 7) is 5.81. The third-order valence-electron chi connectivity index (χ3n) is 8.40. The molecule has 1 atom stereocenters. The molecular weight excluding hydrogens is 1140 g/mol. The summed E-state index contributed by atoms with van der Waals surface area (Å²) >= 11 is 38.9. The average molecular weight is 1180 g/mol. The Hall–Kier alpha value is -5.44. The van der Waals surface area contributed by atoms with Gasteiger partial charge in [-0.1, -0.05) is 85.5 Å². The zero-order valence-electron chi connectivity index (χ0n) is 39.1. The van der Waals surface area contributed by atoms with Crippen molar-refractivity contribution < 1.29 is 68.3 Å². The fourth-order valence-corrected chi connectivity index (χ4v) is 7.12. The first-order chi connectivity index (χ1) is 34.0. The molecule has 0 bridgehead atoms. The number of nitrogens with two attached hydrogens (primary N) is 1. The van der Waals surface area contributed by atoms with Crippen LogP contribution in [0.3, 0.4) is 0 Å². The maximum absolute atomic E-state index is 12.3. The molecule has 0 saturated heterocycles. The number of nitrogen functional groups attached to an aromatic ring is 1. The Bertz CT molecular complexity index is 3070. The van der Waals surface area contributed by atoms with Gasteiger partial charge in [-0.2, -0.15) is 0 Å². The van der Waals surface area contributed by atoms with Gasteiger partial charge in [0.2, 0.25) is 0 Å². The van der Waals surface area contributed by atoms with Gasteiger partial charge in [0, 0.05) is 82.7 Å². The molecule has 19 nitrogen and oxygen atoms in total. The molecule has 5 heterocycles. The first-order valence-electron chi connectivity index (χ1n) is 20.3. The minimum Gasteiger partial charge on any atom is -0.870 e. The number of Topliss-reactive ketones (excluding diaryl/α,β-unsaturated/α-hetero) is 1. The largest absolute Gasteiger partial charge is 1.00 e. The zero-order chi connectivity index (χ0) is 52.8. The number of benzene rings is 3. The topological polar surface area (TPSA) is 290 Å². The van der Waals surface area contributed by atoms with Gasteiger partial charge in [0.05, 0.1) is 46.9 Å². The summed E-state index contributed by atoms with van der Waals surface area (Å²) in [7, 11) is 1.00. The molecule has 0 aliphatic carbocycles. The van der Waals surface area contributed by atoms with Crippen molar-refractivity contribution in [2.24, 2.45) is 0 Å². The van der Waals surface area contributed by atoms with Crippen LogP contribution in [0, 0.1) is 0 Å². The Kier molecular flexibility index (Phi) is 30.0. The molecular formula is C46H43BrCl6LiN9O10. The fraction of sp³-hybridized carbons (Fsp3) is 0.174. The molecule has 0 saturated carbocycles. The molecule has 0 spiro atoms. The first-order valence-corrected chi connectivity index (χ1v) is 23.5. The number of aromatic nitrogens is 8. The van der Waals surface area contributed by atoms with Crippen LogP contribution in [0.15, 0.2) is 110 Å². The predicted octanol–water partition coefficient (Wildman–Crippen LogP) is 7.28. The molecule has 3 aromatic carbocycles. The number of carboxylic acid groups (broad SMARTS) is 1. The number of alkyl halides is 1. The van der Waals surface area contributed by atoms with E-state index in [-0.39, 0.29) is 66.1 Å². The molecule has 8 aromatic rings. The molecule has 0 amide bonds. The molecule has 382 valence electrons. The maximum Gasteiger partial charge on any atom is 1.00 e. The number of imidazole rings is 2. The van der Waals surface area contributed by atoms with Gasteiger partial charge in [0.15, 0.2) is 33.3 Å². The van der Waals surface area contributed by atoms with Crippen molar-refractivity contribution in [2.45, 2.75) is 25.6 Å². The number of halogens is 7. The van der Waals surface area contributed by atoms with Crippen molar-refractivity contribution in [3.05, 3.63) is 157 Å². The molecule has 8 rings (SSSR count). The van der Waals surface area contributed by atoms with Crippen LogP contribution in [-0.2, 0) is 14.3 Å². The van der Waals surface area contributed by atoms with Crippen molar-refractivity contribution >= 4 is 126 Å². The second-order valence-corrected chi connectivity index (χ2v) is 16.5. The Labute approximate surface area is 468 Å². The number of ether oxygens (including phenoxy) is 2. The van der Waals surface area contributed by atoms with Crippen molar-refractivity contribution in [3.63, 3.8) is 0 Å². The number of rotatable bonds is 9. The summed E-state index contributed by atoms with van der Waals surface area (Å²) in [5.41, 5.74) is 8.36. The normalized spacial score (nSPS) is 10.2. The van der Waals surface area contributed by atoms with Gasteiger partial charge in [-0.15, -0.1) is 0 Å². The van der Waals surface area contributed by atoms with Crippen LogP contribution in [0.5, 0.6) is 0 Å². The van der Waals surface area contributed by atoms with E-state index in [1.165, 1.54) is 41.3 Å². The van der Waals surface area contributed by atoms with E-state index in [0.717, 1.165) is 7.11 Å². The molecule has 5 aromatic heterocycles. The van der Waals surface area contributed by atoms with Crippen LogP contribution >= 0.6 is 85.5 Å². The van der Waals surface area contributed by atoms with E-state index < -0.39 is 28.5 Å². The van der Waals surface area contributed by atoms with E-state index >= 15 is 0 Å². The number of fused-ring (bicyclic) bond motifs is 2. The third-order valence-corrected chi connectivity index (χ3v) is 10.9. The van der Waals surface area contributed by atoms with Gasteiger partial charge in [-0.05, 0) is 75.4 Å². The average Bonchev–Trinajstić information content (AvgIpc) is 3.95. The van der Waals surface area contributed by atoms with Crippen LogP contribution in [0.2, 0.25) is 30.1 Å². The zero-order valence-corrected chi connectivity index (χ0v) is 45.3. The number of carbonyl (C=O) groups is 4. The number of esters is 2. The number of hydrogen-bond donors (Lipinski definition) is 4. The van der Waals surface area contributed by atoms with E-state index in [1.54, 1.807) is 98.6 Å². The second-order valence-electron chi connectivity index (χ2n) is 13.1. The minimum absolute atomic E-state index is 0. The smallest absolute Gasteiger partial charge is 0.870 e. The number of aliphatic hydroxyl groups is 2. The van der Waals surface area contributed by atoms with Crippen molar-refractivity contribution in [1.29, 1.82) is 0 Å². The Morgan fingerprint density at radius 2 is 1.11 bits per heavy atom. The van der Waals surface area contributed by atoms with Gasteiger partial charge in [0.1, 0.15) is 17.2 Å².